The number of hydrogen-bond donors (Lipinski definition) is 1. The van der Waals surface area contributed by atoms with E-state index in [2.05, 4.69) is 18.5 Å². The summed E-state index contributed by atoms with van der Waals surface area (Å²) in [5.41, 5.74) is 0.971. The fourth-order valence-corrected chi connectivity index (χ4v) is 1.81. The van der Waals surface area contributed by atoms with Crippen molar-refractivity contribution in [3.63, 3.8) is 0 Å². The first-order valence-corrected chi connectivity index (χ1v) is 8.72. The van der Waals surface area contributed by atoms with Crippen LogP contribution in [0.4, 0.5) is 0 Å². The number of ether oxygens (including phenoxy) is 2. The Bertz CT molecular complexity index is 490. The molecule has 0 aromatic rings. The minimum Gasteiger partial charge on any atom is -0.457 e. The van der Waals surface area contributed by atoms with Gasteiger partial charge in [-0.15, -0.1) is 0 Å². The monoisotopic (exact) mass is 367 g/mol. The summed E-state index contributed by atoms with van der Waals surface area (Å²) in [7, 11) is 0. The molecule has 1 N–H and O–H groups in total. The van der Waals surface area contributed by atoms with Crippen molar-refractivity contribution in [3.8, 4) is 0 Å². The van der Waals surface area contributed by atoms with Gasteiger partial charge < -0.3 is 14.8 Å². The second-order valence-corrected chi connectivity index (χ2v) is 6.03. The molecule has 0 fully saturated rings. The van der Waals surface area contributed by atoms with Crippen LogP contribution >= 0.6 is 0 Å². The first-order valence-electron chi connectivity index (χ1n) is 8.72. The van der Waals surface area contributed by atoms with Crippen LogP contribution in [0.25, 0.3) is 0 Å². The number of unbranched alkanes of at least 4 members (excludes halogenated alkanes) is 3. The summed E-state index contributed by atoms with van der Waals surface area (Å²) in [6.45, 7) is 11.0. The van der Waals surface area contributed by atoms with Crippen molar-refractivity contribution in [2.75, 3.05) is 19.8 Å². The van der Waals surface area contributed by atoms with Crippen molar-refractivity contribution < 1.29 is 28.7 Å². The van der Waals surface area contributed by atoms with Gasteiger partial charge in [-0.2, -0.15) is 0 Å². The zero-order valence-corrected chi connectivity index (χ0v) is 15.7. The van der Waals surface area contributed by atoms with Gasteiger partial charge in [-0.1, -0.05) is 13.2 Å². The van der Waals surface area contributed by atoms with Gasteiger partial charge in [0.25, 0.3) is 0 Å². The number of carbonyl (C=O) groups excluding carboxylic acids is 4. The van der Waals surface area contributed by atoms with Crippen molar-refractivity contribution in [2.24, 2.45) is 0 Å². The van der Waals surface area contributed by atoms with E-state index in [4.69, 9.17) is 9.47 Å². The Morgan fingerprint density at radius 2 is 1.31 bits per heavy atom. The number of esters is 2. The number of Topliss-reactive ketones (excluding diaryl/α,β-unsaturated/α-hetero) is 1. The minimum absolute atomic E-state index is 0.0322. The number of ketones is 1. The predicted octanol–water partition coefficient (Wildman–Crippen LogP) is 2.25. The summed E-state index contributed by atoms with van der Waals surface area (Å²) in [5, 5.41) is 2.65. The minimum atomic E-state index is -1.02. The van der Waals surface area contributed by atoms with Crippen LogP contribution < -0.4 is 5.32 Å². The summed E-state index contributed by atoms with van der Waals surface area (Å²) in [4.78, 5) is 45.4. The number of carbonyl (C=O) groups is 4. The molecule has 0 aliphatic heterocycles. The first-order chi connectivity index (χ1) is 12.3. The van der Waals surface area contributed by atoms with Crippen LogP contribution in [0.1, 0.15) is 52.4 Å². The molecule has 146 valence electrons. The third-order valence-electron chi connectivity index (χ3n) is 3.40. The molecule has 0 atom stereocenters. The van der Waals surface area contributed by atoms with E-state index in [0.29, 0.717) is 49.8 Å². The zero-order chi connectivity index (χ0) is 19.9. The molecule has 0 aliphatic rings. The normalized spacial score (nSPS) is 9.92. The molecule has 0 unspecified atom stereocenters. The van der Waals surface area contributed by atoms with Crippen molar-refractivity contribution in [3.05, 3.63) is 24.3 Å². The fourth-order valence-electron chi connectivity index (χ4n) is 1.81. The molecule has 0 bridgehead atoms. The highest BCUT2D eigenvalue weighted by Crippen LogP contribution is 2.05. The van der Waals surface area contributed by atoms with E-state index in [9.17, 15) is 19.2 Å². The summed E-state index contributed by atoms with van der Waals surface area (Å²) in [6.07, 6.45) is 3.55. The molecule has 0 aromatic heterocycles. The van der Waals surface area contributed by atoms with E-state index in [1.54, 1.807) is 13.8 Å². The predicted molar refractivity (Wildman–Crippen MR) is 97.3 cm³/mol. The quantitative estimate of drug-likeness (QED) is 0.232. The Kier molecular flexibility index (Phi) is 12.5. The smallest absolute Gasteiger partial charge is 0.417 e. The van der Waals surface area contributed by atoms with Crippen molar-refractivity contribution in [1.29, 1.82) is 0 Å². The highest BCUT2D eigenvalue weighted by atomic mass is 16.6. The summed E-state index contributed by atoms with van der Waals surface area (Å²) in [5.74, 6) is -2.22. The third-order valence-corrected chi connectivity index (χ3v) is 3.40. The third kappa shape index (κ3) is 12.0. The molecule has 7 heteroatoms. The number of hydrogen-bond acceptors (Lipinski definition) is 6. The molecule has 26 heavy (non-hydrogen) atoms. The molecule has 0 rings (SSSR count). The fraction of sp³-hybridized carbons (Fsp3) is 0.579. The topological polar surface area (TPSA) is 98.8 Å². The lowest BCUT2D eigenvalue weighted by atomic mass is 10.1. The molecule has 0 aromatic carbocycles. The van der Waals surface area contributed by atoms with Crippen LogP contribution in [0.5, 0.6) is 0 Å². The van der Waals surface area contributed by atoms with Crippen molar-refractivity contribution in [1.82, 2.24) is 5.32 Å². The Balaban J connectivity index is 3.61. The summed E-state index contributed by atoms with van der Waals surface area (Å²) in [6, 6.07) is 0. The van der Waals surface area contributed by atoms with E-state index in [1.165, 1.54) is 0 Å². The maximum absolute atomic E-state index is 11.4. The lowest BCUT2D eigenvalue weighted by Gasteiger charge is -2.06. The molecule has 0 aliphatic carbocycles. The maximum atomic E-state index is 11.4. The van der Waals surface area contributed by atoms with E-state index >= 15 is 0 Å². The first kappa shape index (κ1) is 23.6. The van der Waals surface area contributed by atoms with Crippen LogP contribution in [0.2, 0.25) is 0 Å². The second-order valence-electron chi connectivity index (χ2n) is 6.03. The number of allylic oxidation sites excluding steroid dienone is 1. The number of amides is 1. The Hall–Kier alpha value is -2.44. The van der Waals surface area contributed by atoms with Gasteiger partial charge >= 0.3 is 11.9 Å². The second kappa shape index (κ2) is 13.8. The molecule has 0 saturated carbocycles. The standard InChI is InChI=1S/C19H29NO6/c1-14(2)16(21)10-6-5-8-12-25-18(23)19(24)26-13-9-7-11-20-17(22)15(3)4/h1,3,5-13H2,2,4H3,(H,20,22). The zero-order valence-electron chi connectivity index (χ0n) is 15.7. The molecule has 0 radical (unpaired) electrons. The highest BCUT2D eigenvalue weighted by Gasteiger charge is 2.16. The van der Waals surface area contributed by atoms with Crippen LogP contribution in [0.15, 0.2) is 24.3 Å². The lowest BCUT2D eigenvalue weighted by molar-refractivity contribution is -0.167. The van der Waals surface area contributed by atoms with Crippen molar-refractivity contribution >= 4 is 23.6 Å². The molecule has 7 nitrogen and oxygen atoms in total. The number of nitrogens with one attached hydrogen (secondary N) is 1. The molecular formula is C19H29NO6. The highest BCUT2D eigenvalue weighted by molar-refractivity contribution is 6.29. The van der Waals surface area contributed by atoms with Crippen LogP contribution in [0, 0.1) is 0 Å². The van der Waals surface area contributed by atoms with Gasteiger partial charge in [0.2, 0.25) is 5.91 Å². The van der Waals surface area contributed by atoms with E-state index < -0.39 is 11.9 Å². The summed E-state index contributed by atoms with van der Waals surface area (Å²) >= 11 is 0. The molecule has 1 amide bonds. The van der Waals surface area contributed by atoms with Gasteiger partial charge in [0.05, 0.1) is 13.2 Å². The van der Waals surface area contributed by atoms with Crippen LogP contribution in [0.3, 0.4) is 0 Å². The van der Waals surface area contributed by atoms with Gasteiger partial charge in [0.15, 0.2) is 5.78 Å². The SMILES string of the molecule is C=C(C)C(=O)CCCCCOC(=O)C(=O)OCCCCNC(=O)C(=C)C. The van der Waals surface area contributed by atoms with Gasteiger partial charge in [0, 0.05) is 18.5 Å². The van der Waals surface area contributed by atoms with E-state index in [-0.39, 0.29) is 24.9 Å². The Labute approximate surface area is 154 Å². The molecule has 0 saturated heterocycles. The van der Waals surface area contributed by atoms with Crippen LogP contribution in [-0.4, -0.2) is 43.4 Å². The Morgan fingerprint density at radius 3 is 1.81 bits per heavy atom. The van der Waals surface area contributed by atoms with Crippen molar-refractivity contribution in [2.45, 2.75) is 52.4 Å². The van der Waals surface area contributed by atoms with E-state index in [1.807, 2.05) is 0 Å². The van der Waals surface area contributed by atoms with Gasteiger partial charge in [0.1, 0.15) is 0 Å². The lowest BCUT2D eigenvalue weighted by Crippen LogP contribution is -2.25. The average molecular weight is 367 g/mol. The Morgan fingerprint density at radius 1 is 0.769 bits per heavy atom. The van der Waals surface area contributed by atoms with Gasteiger partial charge in [-0.3, -0.25) is 9.59 Å². The largest absolute Gasteiger partial charge is 0.457 e. The molecule has 0 heterocycles. The van der Waals surface area contributed by atoms with Gasteiger partial charge in [-0.05, 0) is 51.5 Å². The molecule has 0 spiro atoms. The summed E-state index contributed by atoms with van der Waals surface area (Å²) < 4.78 is 9.61. The van der Waals surface area contributed by atoms with E-state index in [0.717, 1.165) is 6.42 Å². The number of rotatable bonds is 13. The van der Waals surface area contributed by atoms with Gasteiger partial charge in [-0.25, -0.2) is 9.59 Å². The average Bonchev–Trinajstić information content (AvgIpc) is 2.59. The molecular weight excluding hydrogens is 338 g/mol. The van der Waals surface area contributed by atoms with Crippen LogP contribution in [-0.2, 0) is 28.7 Å². The maximum Gasteiger partial charge on any atom is 0.417 e.